The van der Waals surface area contributed by atoms with Gasteiger partial charge in [0.25, 0.3) is 5.91 Å². The van der Waals surface area contributed by atoms with Crippen LogP contribution in [0.5, 0.6) is 0 Å². The van der Waals surface area contributed by atoms with Crippen LogP contribution in [-0.2, 0) is 11.3 Å². The smallest absolute Gasteiger partial charge is 0.326 e. The molecule has 0 saturated carbocycles. The fraction of sp³-hybridized carbons (Fsp3) is 0.500. The third-order valence-electron chi connectivity index (χ3n) is 3.03. The van der Waals surface area contributed by atoms with E-state index < -0.39 is 12.0 Å². The summed E-state index contributed by atoms with van der Waals surface area (Å²) in [6.07, 6.45) is 0.416. The standard InChI is InChI=1S/C16H24N2O3/c1-11(2)9-14(16(20)21)17-15(19)13-7-5-12(6-8-13)10-18(3)4/h5-8,11,14H,9-10H2,1-4H3,(H,17,19)(H,20,21). The van der Waals surface area contributed by atoms with Crippen molar-refractivity contribution in [3.63, 3.8) is 0 Å². The van der Waals surface area contributed by atoms with Crippen molar-refractivity contribution in [2.24, 2.45) is 5.92 Å². The Hall–Kier alpha value is -1.88. The van der Waals surface area contributed by atoms with Crippen LogP contribution in [0.2, 0.25) is 0 Å². The highest BCUT2D eigenvalue weighted by molar-refractivity contribution is 5.96. The van der Waals surface area contributed by atoms with Gasteiger partial charge in [0.05, 0.1) is 0 Å². The molecule has 0 spiro atoms. The number of carboxylic acids is 1. The number of nitrogens with zero attached hydrogens (tertiary/aromatic N) is 1. The molecular formula is C16H24N2O3. The molecule has 0 aliphatic carbocycles. The van der Waals surface area contributed by atoms with Crippen LogP contribution < -0.4 is 5.32 Å². The van der Waals surface area contributed by atoms with Gasteiger partial charge < -0.3 is 15.3 Å². The van der Waals surface area contributed by atoms with Crippen LogP contribution in [0.25, 0.3) is 0 Å². The fourth-order valence-electron chi connectivity index (χ4n) is 2.06. The predicted molar refractivity (Wildman–Crippen MR) is 82.2 cm³/mol. The molecule has 5 nitrogen and oxygen atoms in total. The van der Waals surface area contributed by atoms with E-state index in [1.807, 2.05) is 45.0 Å². The van der Waals surface area contributed by atoms with Crippen molar-refractivity contribution in [1.82, 2.24) is 10.2 Å². The van der Waals surface area contributed by atoms with E-state index in [-0.39, 0.29) is 11.8 Å². The summed E-state index contributed by atoms with van der Waals surface area (Å²) in [7, 11) is 3.95. The maximum absolute atomic E-state index is 12.1. The second-order valence-electron chi connectivity index (χ2n) is 5.93. The van der Waals surface area contributed by atoms with E-state index in [1.165, 1.54) is 0 Å². The maximum atomic E-state index is 12.1. The lowest BCUT2D eigenvalue weighted by atomic mass is 10.0. The molecule has 2 N–H and O–H groups in total. The SMILES string of the molecule is CC(C)CC(NC(=O)c1ccc(CN(C)C)cc1)C(=O)O. The Bertz CT molecular complexity index is 481. The topological polar surface area (TPSA) is 69.6 Å². The van der Waals surface area contributed by atoms with Crippen molar-refractivity contribution in [2.75, 3.05) is 14.1 Å². The van der Waals surface area contributed by atoms with Gasteiger partial charge in [-0.05, 0) is 44.1 Å². The molecule has 0 aromatic heterocycles. The minimum atomic E-state index is -0.999. The van der Waals surface area contributed by atoms with Crippen LogP contribution in [0.3, 0.4) is 0 Å². The molecule has 0 heterocycles. The third-order valence-corrected chi connectivity index (χ3v) is 3.03. The van der Waals surface area contributed by atoms with Gasteiger partial charge in [0.2, 0.25) is 0 Å². The van der Waals surface area contributed by atoms with E-state index in [1.54, 1.807) is 12.1 Å². The first-order valence-electron chi connectivity index (χ1n) is 7.07. The van der Waals surface area contributed by atoms with Crippen LogP contribution in [0.4, 0.5) is 0 Å². The number of rotatable bonds is 7. The number of benzene rings is 1. The molecule has 0 radical (unpaired) electrons. The highest BCUT2D eigenvalue weighted by Crippen LogP contribution is 2.09. The van der Waals surface area contributed by atoms with Crippen LogP contribution in [0.15, 0.2) is 24.3 Å². The van der Waals surface area contributed by atoms with E-state index in [0.29, 0.717) is 12.0 Å². The van der Waals surface area contributed by atoms with Gasteiger partial charge in [0, 0.05) is 12.1 Å². The summed E-state index contributed by atoms with van der Waals surface area (Å²) in [5.41, 5.74) is 1.58. The summed E-state index contributed by atoms with van der Waals surface area (Å²) in [5.74, 6) is -1.14. The van der Waals surface area contributed by atoms with Gasteiger partial charge in [-0.1, -0.05) is 26.0 Å². The molecule has 116 valence electrons. The van der Waals surface area contributed by atoms with Crippen LogP contribution in [-0.4, -0.2) is 42.0 Å². The van der Waals surface area contributed by atoms with E-state index in [9.17, 15) is 9.59 Å². The average molecular weight is 292 g/mol. The van der Waals surface area contributed by atoms with Gasteiger partial charge in [-0.3, -0.25) is 4.79 Å². The second kappa shape index (κ2) is 7.78. The summed E-state index contributed by atoms with van der Waals surface area (Å²) in [6.45, 7) is 4.66. The predicted octanol–water partition coefficient (Wildman–Crippen LogP) is 1.98. The minimum absolute atomic E-state index is 0.203. The van der Waals surface area contributed by atoms with Crippen LogP contribution in [0, 0.1) is 5.92 Å². The summed E-state index contributed by atoms with van der Waals surface area (Å²) in [4.78, 5) is 25.3. The number of aliphatic carboxylic acids is 1. The number of hydrogen-bond acceptors (Lipinski definition) is 3. The fourth-order valence-corrected chi connectivity index (χ4v) is 2.06. The molecule has 1 unspecified atom stereocenters. The van der Waals surface area contributed by atoms with Crippen molar-refractivity contribution in [1.29, 1.82) is 0 Å². The molecule has 1 aromatic rings. The van der Waals surface area contributed by atoms with Gasteiger partial charge in [-0.2, -0.15) is 0 Å². The van der Waals surface area contributed by atoms with Gasteiger partial charge >= 0.3 is 5.97 Å². The molecule has 0 bridgehead atoms. The number of carbonyl (C=O) groups is 2. The Morgan fingerprint density at radius 3 is 2.19 bits per heavy atom. The van der Waals surface area contributed by atoms with Gasteiger partial charge in [0.15, 0.2) is 0 Å². The Morgan fingerprint density at radius 2 is 1.76 bits per heavy atom. The first-order valence-corrected chi connectivity index (χ1v) is 7.07. The van der Waals surface area contributed by atoms with Gasteiger partial charge in [-0.25, -0.2) is 4.79 Å². The Kier molecular flexibility index (Phi) is 6.37. The summed E-state index contributed by atoms with van der Waals surface area (Å²) >= 11 is 0. The van der Waals surface area contributed by atoms with Crippen molar-refractivity contribution in [2.45, 2.75) is 32.9 Å². The van der Waals surface area contributed by atoms with Gasteiger partial charge in [-0.15, -0.1) is 0 Å². The Morgan fingerprint density at radius 1 is 1.19 bits per heavy atom. The molecule has 1 atom stereocenters. The molecule has 1 rings (SSSR count). The van der Waals surface area contributed by atoms with Crippen molar-refractivity contribution >= 4 is 11.9 Å². The molecule has 0 saturated heterocycles. The van der Waals surface area contributed by atoms with E-state index in [2.05, 4.69) is 5.32 Å². The largest absolute Gasteiger partial charge is 0.480 e. The normalized spacial score (nSPS) is 12.5. The van der Waals surface area contributed by atoms with Crippen molar-refractivity contribution in [3.8, 4) is 0 Å². The summed E-state index contributed by atoms with van der Waals surface area (Å²) in [5, 5.41) is 11.7. The highest BCUT2D eigenvalue weighted by Gasteiger charge is 2.21. The Balaban J connectivity index is 2.71. The lowest BCUT2D eigenvalue weighted by molar-refractivity contribution is -0.139. The number of nitrogens with one attached hydrogen (secondary N) is 1. The van der Waals surface area contributed by atoms with Crippen molar-refractivity contribution in [3.05, 3.63) is 35.4 Å². The van der Waals surface area contributed by atoms with E-state index in [4.69, 9.17) is 5.11 Å². The first kappa shape index (κ1) is 17.2. The molecule has 0 fully saturated rings. The molecule has 5 heteroatoms. The lowest BCUT2D eigenvalue weighted by Gasteiger charge is -2.16. The number of hydrogen-bond donors (Lipinski definition) is 2. The summed E-state index contributed by atoms with van der Waals surface area (Å²) < 4.78 is 0. The molecule has 0 aliphatic rings. The lowest BCUT2D eigenvalue weighted by Crippen LogP contribution is -2.41. The monoisotopic (exact) mass is 292 g/mol. The molecule has 0 aliphatic heterocycles. The van der Waals surface area contributed by atoms with E-state index >= 15 is 0 Å². The number of carboxylic acid groups (broad SMARTS) is 1. The van der Waals surface area contributed by atoms with Crippen LogP contribution >= 0.6 is 0 Å². The molecular weight excluding hydrogens is 268 g/mol. The van der Waals surface area contributed by atoms with Crippen molar-refractivity contribution < 1.29 is 14.7 Å². The molecule has 1 aromatic carbocycles. The zero-order valence-electron chi connectivity index (χ0n) is 13.1. The second-order valence-corrected chi connectivity index (χ2v) is 5.93. The Labute approximate surface area is 126 Å². The summed E-state index contributed by atoms with van der Waals surface area (Å²) in [6, 6.07) is 6.37. The minimum Gasteiger partial charge on any atom is -0.480 e. The van der Waals surface area contributed by atoms with Gasteiger partial charge in [0.1, 0.15) is 6.04 Å². The number of carbonyl (C=O) groups excluding carboxylic acids is 1. The zero-order valence-corrected chi connectivity index (χ0v) is 13.1. The van der Waals surface area contributed by atoms with Crippen LogP contribution in [0.1, 0.15) is 36.2 Å². The maximum Gasteiger partial charge on any atom is 0.326 e. The average Bonchev–Trinajstić information content (AvgIpc) is 2.37. The quantitative estimate of drug-likeness (QED) is 0.806. The third kappa shape index (κ3) is 5.95. The highest BCUT2D eigenvalue weighted by atomic mass is 16.4. The number of amides is 1. The first-order chi connectivity index (χ1) is 9.79. The molecule has 1 amide bonds. The molecule has 21 heavy (non-hydrogen) atoms. The zero-order chi connectivity index (χ0) is 16.0. The van der Waals surface area contributed by atoms with E-state index in [0.717, 1.165) is 12.1 Å².